The van der Waals surface area contributed by atoms with Crippen molar-refractivity contribution in [3.63, 3.8) is 0 Å². The third-order valence-corrected chi connectivity index (χ3v) is 4.80. The molecule has 0 heterocycles. The zero-order chi connectivity index (χ0) is 17.0. The van der Waals surface area contributed by atoms with Crippen LogP contribution in [0.5, 0.6) is 5.75 Å². The molecule has 0 N–H and O–H groups in total. The molecule has 0 saturated heterocycles. The van der Waals surface area contributed by atoms with Crippen molar-refractivity contribution in [1.29, 1.82) is 0 Å². The summed E-state index contributed by atoms with van der Waals surface area (Å²) in [5.41, 5.74) is 6.00. The average molecular weight is 332 g/mol. The molecule has 0 radical (unpaired) electrons. The highest BCUT2D eigenvalue weighted by Gasteiger charge is 2.09. The van der Waals surface area contributed by atoms with E-state index in [-0.39, 0.29) is 5.75 Å². The third kappa shape index (κ3) is 5.10. The Morgan fingerprint density at radius 1 is 0.957 bits per heavy atom. The van der Waals surface area contributed by atoms with Crippen LogP contribution in [-0.4, -0.2) is 27.0 Å². The van der Waals surface area contributed by atoms with Crippen molar-refractivity contribution in [2.75, 3.05) is 18.6 Å². The molecule has 0 aliphatic carbocycles. The van der Waals surface area contributed by atoms with Crippen LogP contribution < -0.4 is 4.74 Å². The molecule has 0 bridgehead atoms. The maximum Gasteiger partial charge on any atom is 0.147 e. The van der Waals surface area contributed by atoms with E-state index in [0.717, 1.165) is 16.9 Å². The molecule has 4 heteroatoms. The van der Waals surface area contributed by atoms with Crippen LogP contribution in [0.25, 0.3) is 11.1 Å². The molecule has 124 valence electrons. The average Bonchev–Trinajstić information content (AvgIpc) is 2.44. The van der Waals surface area contributed by atoms with Crippen molar-refractivity contribution in [2.45, 2.75) is 27.2 Å². The Labute approximate surface area is 139 Å². The second-order valence-corrected chi connectivity index (χ2v) is 8.39. The summed E-state index contributed by atoms with van der Waals surface area (Å²) in [4.78, 5) is 0. The van der Waals surface area contributed by atoms with Gasteiger partial charge in [0.1, 0.15) is 15.6 Å². The predicted octanol–water partition coefficient (Wildman–Crippen LogP) is 4.09. The molecular formula is C19H24O3S. The van der Waals surface area contributed by atoms with Gasteiger partial charge in [0.2, 0.25) is 0 Å². The van der Waals surface area contributed by atoms with Gasteiger partial charge in [-0.25, -0.2) is 8.42 Å². The Morgan fingerprint density at radius 2 is 1.52 bits per heavy atom. The molecule has 0 unspecified atom stereocenters. The summed E-state index contributed by atoms with van der Waals surface area (Å²) in [6, 6.07) is 12.5. The van der Waals surface area contributed by atoms with Gasteiger partial charge in [0.05, 0.1) is 12.4 Å². The summed E-state index contributed by atoms with van der Waals surface area (Å²) in [5, 5.41) is 0. The maximum atomic E-state index is 11.1. The van der Waals surface area contributed by atoms with Gasteiger partial charge in [-0.3, -0.25) is 0 Å². The molecule has 0 fully saturated rings. The molecule has 23 heavy (non-hydrogen) atoms. The number of hydrogen-bond donors (Lipinski definition) is 0. The van der Waals surface area contributed by atoms with E-state index < -0.39 is 9.84 Å². The van der Waals surface area contributed by atoms with Crippen LogP contribution in [0.2, 0.25) is 0 Å². The number of ether oxygens (including phenoxy) is 1. The van der Waals surface area contributed by atoms with Crippen LogP contribution in [0.3, 0.4) is 0 Å². The smallest absolute Gasteiger partial charge is 0.147 e. The van der Waals surface area contributed by atoms with Gasteiger partial charge in [0, 0.05) is 6.26 Å². The van der Waals surface area contributed by atoms with Gasteiger partial charge in [-0.05, 0) is 61.6 Å². The molecule has 0 spiro atoms. The lowest BCUT2D eigenvalue weighted by atomic mass is 9.95. The van der Waals surface area contributed by atoms with E-state index in [4.69, 9.17) is 4.74 Å². The van der Waals surface area contributed by atoms with Gasteiger partial charge >= 0.3 is 0 Å². The Bertz CT molecular complexity index is 752. The first kappa shape index (κ1) is 17.5. The summed E-state index contributed by atoms with van der Waals surface area (Å²) in [5.74, 6) is 0.955. The molecule has 0 saturated carbocycles. The molecule has 0 amide bonds. The van der Waals surface area contributed by atoms with Crippen LogP contribution in [0.1, 0.15) is 23.1 Å². The highest BCUT2D eigenvalue weighted by atomic mass is 32.2. The van der Waals surface area contributed by atoms with Gasteiger partial charge in [-0.2, -0.15) is 0 Å². The minimum Gasteiger partial charge on any atom is -0.494 e. The number of sulfone groups is 1. The molecule has 2 aromatic carbocycles. The Hall–Kier alpha value is -1.81. The number of aryl methyl sites for hydroxylation is 3. The molecule has 0 aliphatic rings. The molecule has 0 aliphatic heterocycles. The first-order chi connectivity index (χ1) is 10.8. The Morgan fingerprint density at radius 3 is 2.04 bits per heavy atom. The highest BCUT2D eigenvalue weighted by molar-refractivity contribution is 7.90. The van der Waals surface area contributed by atoms with Gasteiger partial charge in [0.15, 0.2) is 0 Å². The van der Waals surface area contributed by atoms with E-state index in [2.05, 4.69) is 45.0 Å². The van der Waals surface area contributed by atoms with E-state index in [1.165, 1.54) is 22.9 Å². The molecule has 0 aromatic heterocycles. The standard InChI is InChI=1S/C19H24O3S/c1-14-6-8-17(9-7-14)19-15(2)12-18(13-16(19)3)22-10-5-11-23(4,20)21/h6-9,12-13H,5,10-11H2,1-4H3. The van der Waals surface area contributed by atoms with E-state index >= 15 is 0 Å². The fraction of sp³-hybridized carbons (Fsp3) is 0.368. The van der Waals surface area contributed by atoms with E-state index in [9.17, 15) is 8.42 Å². The van der Waals surface area contributed by atoms with Crippen molar-refractivity contribution in [2.24, 2.45) is 0 Å². The number of rotatable bonds is 6. The summed E-state index contributed by atoms with van der Waals surface area (Å²) in [7, 11) is -2.92. The van der Waals surface area contributed by atoms with Crippen LogP contribution in [0, 0.1) is 20.8 Å². The summed E-state index contributed by atoms with van der Waals surface area (Å²) in [6.45, 7) is 6.64. The monoisotopic (exact) mass is 332 g/mol. The molecule has 2 rings (SSSR count). The minimum absolute atomic E-state index is 0.159. The van der Waals surface area contributed by atoms with Crippen LogP contribution in [0.4, 0.5) is 0 Å². The van der Waals surface area contributed by atoms with Gasteiger partial charge in [-0.1, -0.05) is 29.8 Å². The van der Waals surface area contributed by atoms with Crippen LogP contribution in [0.15, 0.2) is 36.4 Å². The number of benzene rings is 2. The minimum atomic E-state index is -2.92. The maximum absolute atomic E-state index is 11.1. The lowest BCUT2D eigenvalue weighted by Crippen LogP contribution is -2.08. The van der Waals surface area contributed by atoms with Crippen LogP contribution >= 0.6 is 0 Å². The van der Waals surface area contributed by atoms with Crippen molar-refractivity contribution in [3.8, 4) is 16.9 Å². The summed E-state index contributed by atoms with van der Waals surface area (Å²) >= 11 is 0. The quantitative estimate of drug-likeness (QED) is 0.748. The normalized spacial score (nSPS) is 11.5. The largest absolute Gasteiger partial charge is 0.494 e. The van der Waals surface area contributed by atoms with E-state index in [1.807, 2.05) is 12.1 Å². The molecule has 3 nitrogen and oxygen atoms in total. The van der Waals surface area contributed by atoms with Gasteiger partial charge in [0.25, 0.3) is 0 Å². The SMILES string of the molecule is Cc1ccc(-c2c(C)cc(OCCCS(C)(=O)=O)cc2C)cc1. The summed E-state index contributed by atoms with van der Waals surface area (Å²) in [6.07, 6.45) is 1.76. The van der Waals surface area contributed by atoms with E-state index in [0.29, 0.717) is 13.0 Å². The first-order valence-corrected chi connectivity index (χ1v) is 9.81. The highest BCUT2D eigenvalue weighted by Crippen LogP contribution is 2.31. The lowest BCUT2D eigenvalue weighted by molar-refractivity contribution is 0.317. The zero-order valence-corrected chi connectivity index (χ0v) is 15.0. The zero-order valence-electron chi connectivity index (χ0n) is 14.2. The molecular weight excluding hydrogens is 308 g/mol. The summed E-state index contributed by atoms with van der Waals surface area (Å²) < 4.78 is 28.0. The second kappa shape index (κ2) is 7.18. The van der Waals surface area contributed by atoms with Gasteiger partial charge < -0.3 is 4.74 Å². The fourth-order valence-electron chi connectivity index (χ4n) is 2.69. The molecule has 2 aromatic rings. The Kier molecular flexibility index (Phi) is 5.47. The fourth-order valence-corrected chi connectivity index (χ4v) is 3.34. The van der Waals surface area contributed by atoms with Gasteiger partial charge in [-0.15, -0.1) is 0 Å². The lowest BCUT2D eigenvalue weighted by Gasteiger charge is -2.14. The number of hydrogen-bond acceptors (Lipinski definition) is 3. The van der Waals surface area contributed by atoms with E-state index in [1.54, 1.807) is 0 Å². The van der Waals surface area contributed by atoms with Crippen molar-refractivity contribution >= 4 is 9.84 Å². The second-order valence-electron chi connectivity index (χ2n) is 6.13. The topological polar surface area (TPSA) is 43.4 Å². The Balaban J connectivity index is 2.12. The van der Waals surface area contributed by atoms with Crippen LogP contribution in [-0.2, 0) is 9.84 Å². The third-order valence-electron chi connectivity index (χ3n) is 3.77. The van der Waals surface area contributed by atoms with Crippen molar-refractivity contribution < 1.29 is 13.2 Å². The first-order valence-electron chi connectivity index (χ1n) is 7.75. The van der Waals surface area contributed by atoms with Crippen molar-refractivity contribution in [3.05, 3.63) is 53.1 Å². The predicted molar refractivity (Wildman–Crippen MR) is 95.9 cm³/mol. The molecule has 0 atom stereocenters. The van der Waals surface area contributed by atoms with Crippen molar-refractivity contribution in [1.82, 2.24) is 0 Å².